The minimum absolute atomic E-state index is 0.303. The van der Waals surface area contributed by atoms with Gasteiger partial charge in [-0.05, 0) is 60.5 Å². The molecular formula is C23H37N3OSi. The number of pyridine rings is 1. The van der Waals surface area contributed by atoms with E-state index in [1.54, 1.807) is 0 Å². The van der Waals surface area contributed by atoms with Crippen molar-refractivity contribution in [2.45, 2.75) is 76.5 Å². The highest BCUT2D eigenvalue weighted by atomic mass is 28.3. The van der Waals surface area contributed by atoms with Crippen molar-refractivity contribution in [3.63, 3.8) is 0 Å². The third-order valence-electron chi connectivity index (χ3n) is 7.72. The van der Waals surface area contributed by atoms with E-state index < -0.39 is 8.24 Å². The zero-order valence-corrected chi connectivity index (χ0v) is 19.4. The molecule has 0 aromatic carbocycles. The summed E-state index contributed by atoms with van der Waals surface area (Å²) in [7, 11) is -1.64. The van der Waals surface area contributed by atoms with Crippen LogP contribution in [0.25, 0.3) is 11.0 Å². The minimum atomic E-state index is -1.64. The number of nitrogens with zero attached hydrogens (tertiary/aromatic N) is 3. The van der Waals surface area contributed by atoms with Gasteiger partial charge >= 0.3 is 0 Å². The Labute approximate surface area is 171 Å². The van der Waals surface area contributed by atoms with E-state index in [2.05, 4.69) is 67.5 Å². The van der Waals surface area contributed by atoms with Gasteiger partial charge in [0, 0.05) is 30.7 Å². The van der Waals surface area contributed by atoms with Crippen LogP contribution < -0.4 is 0 Å². The quantitative estimate of drug-likeness (QED) is 0.661. The summed E-state index contributed by atoms with van der Waals surface area (Å²) in [5.74, 6) is 0.672. The average molecular weight is 400 g/mol. The lowest BCUT2D eigenvalue weighted by Gasteiger charge is -2.39. The topological polar surface area (TPSA) is 30.3 Å². The molecule has 2 aromatic rings. The molecule has 4 nitrogen and oxygen atoms in total. The smallest absolute Gasteiger partial charge is 0.163 e. The molecule has 1 saturated carbocycles. The molecule has 2 aromatic heterocycles. The Morgan fingerprint density at radius 2 is 1.75 bits per heavy atom. The van der Waals surface area contributed by atoms with E-state index in [0.29, 0.717) is 11.0 Å². The van der Waals surface area contributed by atoms with E-state index in [0.717, 1.165) is 32.3 Å². The van der Waals surface area contributed by atoms with Crippen molar-refractivity contribution in [3.8, 4) is 0 Å². The van der Waals surface area contributed by atoms with Crippen molar-refractivity contribution in [3.05, 3.63) is 30.1 Å². The fraction of sp³-hybridized carbons (Fsp3) is 0.696. The number of morpholine rings is 1. The van der Waals surface area contributed by atoms with E-state index in [-0.39, 0.29) is 0 Å². The van der Waals surface area contributed by atoms with Crippen molar-refractivity contribution in [2.75, 3.05) is 26.3 Å². The SMILES string of the molecule is CC(C)(C)[Si](C)(C)n1ccc2cc([C@H]3CC[C@@H](N4CCOCC4)CC3)cnc21. The zero-order chi connectivity index (χ0) is 19.9. The Morgan fingerprint density at radius 3 is 2.39 bits per heavy atom. The first-order valence-corrected chi connectivity index (χ1v) is 14.0. The monoisotopic (exact) mass is 399 g/mol. The highest BCUT2D eigenvalue weighted by Crippen LogP contribution is 2.40. The molecular weight excluding hydrogens is 362 g/mol. The van der Waals surface area contributed by atoms with Crippen molar-refractivity contribution in [1.82, 2.24) is 14.1 Å². The molecule has 0 spiro atoms. The fourth-order valence-corrected chi connectivity index (χ4v) is 6.68. The molecule has 2 fully saturated rings. The highest BCUT2D eigenvalue weighted by molar-refractivity contribution is 6.79. The van der Waals surface area contributed by atoms with Crippen molar-refractivity contribution >= 4 is 19.3 Å². The fourth-order valence-electron chi connectivity index (χ4n) is 4.79. The summed E-state index contributed by atoms with van der Waals surface area (Å²) in [6, 6.07) is 5.47. The van der Waals surface area contributed by atoms with Gasteiger partial charge in [0.1, 0.15) is 5.65 Å². The summed E-state index contributed by atoms with van der Waals surface area (Å²) in [6.07, 6.45) is 9.66. The molecule has 2 aliphatic rings. The third kappa shape index (κ3) is 3.69. The maximum atomic E-state index is 5.52. The van der Waals surface area contributed by atoms with E-state index in [4.69, 9.17) is 9.72 Å². The standard InChI is InChI=1S/C23H37N3OSi/c1-23(2,3)28(4,5)26-11-10-19-16-20(17-24-22(19)26)18-6-8-21(9-7-18)25-12-14-27-15-13-25/h10-11,16-18,21H,6-9,12-15H2,1-5H3/t18-,21+. The van der Waals surface area contributed by atoms with Gasteiger partial charge in [0.15, 0.2) is 8.24 Å². The van der Waals surface area contributed by atoms with Crippen LogP contribution in [0.4, 0.5) is 0 Å². The first kappa shape index (κ1) is 20.1. The van der Waals surface area contributed by atoms with Crippen molar-refractivity contribution < 1.29 is 4.74 Å². The molecule has 154 valence electrons. The lowest BCUT2D eigenvalue weighted by atomic mass is 9.81. The van der Waals surface area contributed by atoms with Crippen LogP contribution in [0.5, 0.6) is 0 Å². The van der Waals surface area contributed by atoms with Gasteiger partial charge in [0.25, 0.3) is 0 Å². The second kappa shape index (κ2) is 7.58. The molecule has 28 heavy (non-hydrogen) atoms. The first-order valence-electron chi connectivity index (χ1n) is 11.1. The number of hydrogen-bond acceptors (Lipinski definition) is 3. The number of aromatic nitrogens is 2. The number of hydrogen-bond donors (Lipinski definition) is 0. The minimum Gasteiger partial charge on any atom is -0.379 e. The lowest BCUT2D eigenvalue weighted by Crippen LogP contribution is -2.45. The molecule has 4 rings (SSSR count). The summed E-state index contributed by atoms with van der Waals surface area (Å²) in [4.78, 5) is 7.63. The van der Waals surface area contributed by atoms with Crippen LogP contribution in [-0.4, -0.2) is 54.7 Å². The van der Waals surface area contributed by atoms with Gasteiger partial charge in [-0.3, -0.25) is 4.90 Å². The summed E-state index contributed by atoms with van der Waals surface area (Å²) in [5, 5.41) is 1.62. The molecule has 1 saturated heterocycles. The van der Waals surface area contributed by atoms with Crippen molar-refractivity contribution in [1.29, 1.82) is 0 Å². The zero-order valence-electron chi connectivity index (χ0n) is 18.4. The largest absolute Gasteiger partial charge is 0.379 e. The number of ether oxygens (including phenoxy) is 1. The molecule has 0 bridgehead atoms. The van der Waals surface area contributed by atoms with Gasteiger partial charge in [-0.25, -0.2) is 4.98 Å². The Hall–Kier alpha value is -1.17. The van der Waals surface area contributed by atoms with Gasteiger partial charge in [0.05, 0.1) is 13.2 Å². The van der Waals surface area contributed by atoms with E-state index >= 15 is 0 Å². The predicted octanol–water partition coefficient (Wildman–Crippen LogP) is 5.25. The Bertz CT molecular complexity index is 809. The second-order valence-corrected chi connectivity index (χ2v) is 15.4. The van der Waals surface area contributed by atoms with E-state index in [1.807, 2.05) is 0 Å². The molecule has 0 N–H and O–H groups in total. The van der Waals surface area contributed by atoms with E-state index in [1.165, 1.54) is 42.3 Å². The molecule has 5 heteroatoms. The molecule has 3 heterocycles. The highest BCUT2D eigenvalue weighted by Gasteiger charge is 2.38. The Morgan fingerprint density at radius 1 is 1.07 bits per heavy atom. The van der Waals surface area contributed by atoms with Gasteiger partial charge in [-0.15, -0.1) is 0 Å². The molecule has 0 atom stereocenters. The van der Waals surface area contributed by atoms with Crippen molar-refractivity contribution in [2.24, 2.45) is 0 Å². The predicted molar refractivity (Wildman–Crippen MR) is 120 cm³/mol. The van der Waals surface area contributed by atoms with Crippen LogP contribution in [-0.2, 0) is 4.74 Å². The molecule has 1 aliphatic heterocycles. The van der Waals surface area contributed by atoms with Crippen LogP contribution >= 0.6 is 0 Å². The van der Waals surface area contributed by atoms with Gasteiger partial charge in [-0.1, -0.05) is 33.9 Å². The van der Waals surface area contributed by atoms with Gasteiger partial charge in [-0.2, -0.15) is 0 Å². The number of rotatable bonds is 3. The summed E-state index contributed by atoms with van der Waals surface area (Å²) < 4.78 is 8.02. The molecule has 0 unspecified atom stereocenters. The summed E-state index contributed by atoms with van der Waals surface area (Å²) >= 11 is 0. The van der Waals surface area contributed by atoms with E-state index in [9.17, 15) is 0 Å². The van der Waals surface area contributed by atoms with Crippen LogP contribution in [0.2, 0.25) is 18.1 Å². The van der Waals surface area contributed by atoms with Gasteiger partial charge in [0.2, 0.25) is 0 Å². The molecule has 0 amide bonds. The number of fused-ring (bicyclic) bond motifs is 1. The Kier molecular flexibility index (Phi) is 5.45. The second-order valence-electron chi connectivity index (χ2n) is 10.3. The summed E-state index contributed by atoms with van der Waals surface area (Å²) in [5.41, 5.74) is 2.62. The Balaban J connectivity index is 1.49. The maximum absolute atomic E-state index is 5.52. The molecule has 0 radical (unpaired) electrons. The maximum Gasteiger partial charge on any atom is 0.163 e. The van der Waals surface area contributed by atoms with Crippen LogP contribution in [0, 0.1) is 0 Å². The lowest BCUT2D eigenvalue weighted by molar-refractivity contribution is 0.00729. The van der Waals surface area contributed by atoms with Crippen LogP contribution in [0.3, 0.4) is 0 Å². The van der Waals surface area contributed by atoms with Crippen LogP contribution in [0.15, 0.2) is 24.5 Å². The first-order chi connectivity index (χ1) is 13.3. The normalized spacial score (nSPS) is 25.3. The summed E-state index contributed by atoms with van der Waals surface area (Å²) in [6.45, 7) is 16.1. The molecule has 1 aliphatic carbocycles. The van der Waals surface area contributed by atoms with Crippen LogP contribution in [0.1, 0.15) is 57.9 Å². The van der Waals surface area contributed by atoms with Gasteiger partial charge < -0.3 is 8.97 Å². The average Bonchev–Trinajstić information content (AvgIpc) is 3.12. The third-order valence-corrected chi connectivity index (χ3v) is 13.0.